The number of ketones is 1. The van der Waals surface area contributed by atoms with E-state index in [0.29, 0.717) is 10.8 Å². The fourth-order valence-electron chi connectivity index (χ4n) is 1.33. The number of Topliss-reactive ketones (excluding diaryl/α,β-unsaturated/α-hetero) is 1. The highest BCUT2D eigenvalue weighted by atomic mass is 79.9. The van der Waals surface area contributed by atoms with Gasteiger partial charge in [0.05, 0.1) is 0 Å². The molecule has 88 valence electrons. The summed E-state index contributed by atoms with van der Waals surface area (Å²) in [6, 6.07) is 5.73. The zero-order valence-corrected chi connectivity index (χ0v) is 11.8. The summed E-state index contributed by atoms with van der Waals surface area (Å²) in [7, 11) is 0. The van der Waals surface area contributed by atoms with Crippen LogP contribution in [-0.2, 0) is 0 Å². The van der Waals surface area contributed by atoms with E-state index in [9.17, 15) is 4.79 Å². The van der Waals surface area contributed by atoms with Crippen LogP contribution in [0.2, 0.25) is 0 Å². The summed E-state index contributed by atoms with van der Waals surface area (Å²) in [5.74, 6) is 0.0619. The molecule has 0 amide bonds. The molecular weight excluding hydrogens is 288 g/mol. The van der Waals surface area contributed by atoms with Crippen LogP contribution < -0.4 is 0 Å². The molecule has 0 aliphatic rings. The number of aliphatic hydroxyl groups is 1. The maximum absolute atomic E-state index is 11.2. The number of thioether (sulfide) groups is 1. The van der Waals surface area contributed by atoms with E-state index in [1.54, 1.807) is 18.7 Å². The van der Waals surface area contributed by atoms with Crippen LogP contribution >= 0.6 is 27.7 Å². The van der Waals surface area contributed by atoms with Crippen LogP contribution in [0.1, 0.15) is 30.6 Å². The molecule has 0 bridgehead atoms. The van der Waals surface area contributed by atoms with E-state index in [0.717, 1.165) is 15.8 Å². The number of halogens is 1. The van der Waals surface area contributed by atoms with Crippen molar-refractivity contribution in [3.8, 4) is 0 Å². The molecule has 0 spiro atoms. The monoisotopic (exact) mass is 302 g/mol. The molecule has 0 aliphatic heterocycles. The van der Waals surface area contributed by atoms with E-state index in [-0.39, 0.29) is 12.4 Å². The predicted molar refractivity (Wildman–Crippen MR) is 71.2 cm³/mol. The smallest absolute Gasteiger partial charge is 0.160 e. The Labute approximate surface area is 109 Å². The third-order valence-electron chi connectivity index (χ3n) is 2.19. The Morgan fingerprint density at radius 3 is 2.75 bits per heavy atom. The second-order valence-corrected chi connectivity index (χ2v) is 6.00. The van der Waals surface area contributed by atoms with Crippen molar-refractivity contribution in [2.75, 3.05) is 6.61 Å². The normalized spacial score (nSPS) is 12.5. The lowest BCUT2D eigenvalue weighted by molar-refractivity contribution is 0.101. The van der Waals surface area contributed by atoms with E-state index < -0.39 is 0 Å². The Balaban J connectivity index is 2.77. The molecule has 0 heterocycles. The number of benzene rings is 1. The standard InChI is InChI=1S/C12H15BrO2S/c1-8(5-6-14)16-10-3-4-11(9(2)15)12(13)7-10/h3-4,7-8,14H,5-6H2,1-2H3. The van der Waals surface area contributed by atoms with Gasteiger partial charge in [-0.2, -0.15) is 0 Å². The van der Waals surface area contributed by atoms with Crippen molar-refractivity contribution in [3.63, 3.8) is 0 Å². The van der Waals surface area contributed by atoms with Crippen molar-refractivity contribution < 1.29 is 9.90 Å². The van der Waals surface area contributed by atoms with Crippen LogP contribution in [0.25, 0.3) is 0 Å². The first-order valence-corrected chi connectivity index (χ1v) is 6.80. The van der Waals surface area contributed by atoms with Crippen LogP contribution in [0.3, 0.4) is 0 Å². The highest BCUT2D eigenvalue weighted by Crippen LogP contribution is 2.29. The molecule has 0 saturated carbocycles. The van der Waals surface area contributed by atoms with E-state index >= 15 is 0 Å². The van der Waals surface area contributed by atoms with E-state index in [2.05, 4.69) is 22.9 Å². The quantitative estimate of drug-likeness (QED) is 0.668. The fraction of sp³-hybridized carbons (Fsp3) is 0.417. The van der Waals surface area contributed by atoms with Gasteiger partial charge in [0.1, 0.15) is 0 Å². The molecule has 16 heavy (non-hydrogen) atoms. The third-order valence-corrected chi connectivity index (χ3v) is 4.01. The van der Waals surface area contributed by atoms with E-state index in [4.69, 9.17) is 5.11 Å². The molecule has 1 rings (SSSR count). The predicted octanol–water partition coefficient (Wildman–Crippen LogP) is 3.51. The molecular formula is C12H15BrO2S. The lowest BCUT2D eigenvalue weighted by Gasteiger charge is -2.10. The van der Waals surface area contributed by atoms with Crippen molar-refractivity contribution in [1.82, 2.24) is 0 Å². The van der Waals surface area contributed by atoms with Crippen LogP contribution in [0.15, 0.2) is 27.6 Å². The number of carbonyl (C=O) groups is 1. The Morgan fingerprint density at radius 1 is 1.56 bits per heavy atom. The van der Waals surface area contributed by atoms with E-state index in [1.165, 1.54) is 0 Å². The van der Waals surface area contributed by atoms with E-state index in [1.807, 2.05) is 18.2 Å². The largest absolute Gasteiger partial charge is 0.396 e. The van der Waals surface area contributed by atoms with Gasteiger partial charge in [-0.25, -0.2) is 0 Å². The van der Waals surface area contributed by atoms with Crippen LogP contribution in [0, 0.1) is 0 Å². The molecule has 1 aromatic rings. The zero-order valence-electron chi connectivity index (χ0n) is 9.37. The van der Waals surface area contributed by atoms with Gasteiger partial charge in [-0.1, -0.05) is 22.9 Å². The maximum Gasteiger partial charge on any atom is 0.160 e. The summed E-state index contributed by atoms with van der Waals surface area (Å²) < 4.78 is 0.834. The van der Waals surface area contributed by atoms with Gasteiger partial charge in [0.2, 0.25) is 0 Å². The summed E-state index contributed by atoms with van der Waals surface area (Å²) in [6.45, 7) is 3.84. The van der Waals surface area contributed by atoms with Gasteiger partial charge in [-0.15, -0.1) is 11.8 Å². The van der Waals surface area contributed by atoms with Gasteiger partial charge in [0, 0.05) is 26.8 Å². The second kappa shape index (κ2) is 6.42. The van der Waals surface area contributed by atoms with Crippen molar-refractivity contribution in [2.45, 2.75) is 30.4 Å². The molecule has 0 aliphatic carbocycles. The first-order chi connectivity index (χ1) is 7.54. The second-order valence-electron chi connectivity index (χ2n) is 3.64. The summed E-state index contributed by atoms with van der Waals surface area (Å²) in [5, 5.41) is 9.19. The van der Waals surface area contributed by atoms with Crippen molar-refractivity contribution in [1.29, 1.82) is 0 Å². The summed E-state index contributed by atoms with van der Waals surface area (Å²) in [5.41, 5.74) is 0.708. The highest BCUT2D eigenvalue weighted by Gasteiger charge is 2.08. The van der Waals surface area contributed by atoms with Crippen molar-refractivity contribution >= 4 is 33.5 Å². The van der Waals surface area contributed by atoms with Gasteiger partial charge < -0.3 is 5.11 Å². The molecule has 4 heteroatoms. The molecule has 2 nitrogen and oxygen atoms in total. The first kappa shape index (κ1) is 13.7. The highest BCUT2D eigenvalue weighted by molar-refractivity contribution is 9.10. The van der Waals surface area contributed by atoms with Crippen molar-refractivity contribution in [2.24, 2.45) is 0 Å². The summed E-state index contributed by atoms with van der Waals surface area (Å²) in [4.78, 5) is 12.3. The summed E-state index contributed by atoms with van der Waals surface area (Å²) in [6.07, 6.45) is 0.775. The molecule has 0 aromatic heterocycles. The molecule has 1 aromatic carbocycles. The Kier molecular flexibility index (Phi) is 5.52. The van der Waals surface area contributed by atoms with Crippen LogP contribution in [-0.4, -0.2) is 22.7 Å². The minimum atomic E-state index is 0.0619. The van der Waals surface area contributed by atoms with Gasteiger partial charge in [-0.05, 0) is 31.5 Å². The number of aliphatic hydroxyl groups excluding tert-OH is 1. The zero-order chi connectivity index (χ0) is 12.1. The fourth-order valence-corrected chi connectivity index (χ4v) is 3.16. The Hall–Kier alpha value is -0.320. The first-order valence-electron chi connectivity index (χ1n) is 5.12. The average Bonchev–Trinajstić information content (AvgIpc) is 2.17. The van der Waals surface area contributed by atoms with Crippen LogP contribution in [0.4, 0.5) is 0 Å². The number of hydrogen-bond donors (Lipinski definition) is 1. The number of carbonyl (C=O) groups excluding carboxylic acids is 1. The average molecular weight is 303 g/mol. The van der Waals surface area contributed by atoms with Gasteiger partial charge in [0.15, 0.2) is 5.78 Å². The number of hydrogen-bond acceptors (Lipinski definition) is 3. The van der Waals surface area contributed by atoms with Crippen molar-refractivity contribution in [3.05, 3.63) is 28.2 Å². The molecule has 0 radical (unpaired) electrons. The van der Waals surface area contributed by atoms with Gasteiger partial charge >= 0.3 is 0 Å². The molecule has 1 atom stereocenters. The van der Waals surface area contributed by atoms with Crippen LogP contribution in [0.5, 0.6) is 0 Å². The molecule has 1 N–H and O–H groups in total. The number of rotatable bonds is 5. The summed E-state index contributed by atoms with van der Waals surface area (Å²) >= 11 is 5.09. The maximum atomic E-state index is 11.2. The molecule has 0 saturated heterocycles. The third kappa shape index (κ3) is 3.92. The Bertz CT molecular complexity index is 379. The van der Waals surface area contributed by atoms with Gasteiger partial charge in [-0.3, -0.25) is 4.79 Å². The molecule has 0 fully saturated rings. The topological polar surface area (TPSA) is 37.3 Å². The lowest BCUT2D eigenvalue weighted by Crippen LogP contribution is -1.99. The minimum absolute atomic E-state index is 0.0619. The minimum Gasteiger partial charge on any atom is -0.396 e. The van der Waals surface area contributed by atoms with Gasteiger partial charge in [0.25, 0.3) is 0 Å². The SMILES string of the molecule is CC(=O)c1ccc(SC(C)CCO)cc1Br. The lowest BCUT2D eigenvalue weighted by atomic mass is 10.1. The molecule has 1 unspecified atom stereocenters. The Morgan fingerprint density at radius 2 is 2.25 bits per heavy atom.